The van der Waals surface area contributed by atoms with Gasteiger partial charge in [0.25, 0.3) is 0 Å². The summed E-state index contributed by atoms with van der Waals surface area (Å²) >= 11 is 0. The molecule has 2 saturated carbocycles. The van der Waals surface area contributed by atoms with Crippen molar-refractivity contribution in [1.29, 1.82) is 0 Å². The molecule has 0 amide bonds. The van der Waals surface area contributed by atoms with E-state index in [0.29, 0.717) is 37.4 Å². The quantitative estimate of drug-likeness (QED) is 0.351. The van der Waals surface area contributed by atoms with Gasteiger partial charge in [-0.05, 0) is 62.6 Å². The third-order valence-electron chi connectivity index (χ3n) is 8.65. The Labute approximate surface area is 199 Å². The third kappa shape index (κ3) is 3.18. The first kappa shape index (κ1) is 22.2. The van der Waals surface area contributed by atoms with E-state index in [2.05, 4.69) is 4.90 Å². The molecular formula is C26H33NO7. The van der Waals surface area contributed by atoms with Crippen LogP contribution >= 0.6 is 0 Å². The molecule has 4 atom stereocenters. The zero-order chi connectivity index (χ0) is 23.5. The summed E-state index contributed by atoms with van der Waals surface area (Å²) in [5.41, 5.74) is 0.303. The highest BCUT2D eigenvalue weighted by molar-refractivity contribution is 5.90. The van der Waals surface area contributed by atoms with Crippen LogP contribution in [0.1, 0.15) is 63.0 Å². The number of nitrogens with zero attached hydrogens (tertiary/aromatic N) is 1. The molecule has 2 aliphatic heterocycles. The van der Waals surface area contributed by atoms with E-state index in [1.165, 1.54) is 12.8 Å². The van der Waals surface area contributed by atoms with Crippen molar-refractivity contribution in [3.05, 3.63) is 23.3 Å². The average Bonchev–Trinajstić information content (AvgIpc) is 3.56. The van der Waals surface area contributed by atoms with Crippen LogP contribution in [0.4, 0.5) is 4.79 Å². The summed E-state index contributed by atoms with van der Waals surface area (Å²) in [6.45, 7) is 3.89. The summed E-state index contributed by atoms with van der Waals surface area (Å²) in [5.74, 6) is 1.73. The lowest BCUT2D eigenvalue weighted by Crippen LogP contribution is -2.76. The number of hydrogen-bond donors (Lipinski definition) is 1. The molecule has 8 nitrogen and oxygen atoms in total. The Kier molecular flexibility index (Phi) is 5.30. The van der Waals surface area contributed by atoms with Gasteiger partial charge in [-0.3, -0.25) is 9.69 Å². The maximum Gasteiger partial charge on any atom is 0.511 e. The van der Waals surface area contributed by atoms with Crippen molar-refractivity contribution in [1.82, 2.24) is 4.90 Å². The smallest absolute Gasteiger partial charge is 0.477 e. The summed E-state index contributed by atoms with van der Waals surface area (Å²) in [5, 5.41) is 12.3. The van der Waals surface area contributed by atoms with Crippen molar-refractivity contribution >= 4 is 11.9 Å². The van der Waals surface area contributed by atoms with Crippen LogP contribution in [0.5, 0.6) is 11.5 Å². The molecule has 5 aliphatic rings. The van der Waals surface area contributed by atoms with E-state index in [4.69, 9.17) is 18.9 Å². The molecule has 1 spiro atoms. The lowest BCUT2D eigenvalue weighted by Gasteiger charge is -2.62. The van der Waals surface area contributed by atoms with E-state index in [1.807, 2.05) is 19.1 Å². The van der Waals surface area contributed by atoms with Crippen LogP contribution in [0, 0.1) is 5.92 Å². The number of Topliss-reactive ketones (excluding diaryl/α,β-unsaturated/α-hetero) is 1. The SMILES string of the molecule is CCCCOC(=O)OCOc1ccc2c3c1O[C@H]1C(=O)CC[C@@]4(O)C(C2)N(CC2CC2)CC[C@]314. The zero-order valence-electron chi connectivity index (χ0n) is 19.7. The molecule has 1 aromatic carbocycles. The molecular weight excluding hydrogens is 438 g/mol. The number of benzene rings is 1. The number of aliphatic hydroxyl groups is 1. The number of ether oxygens (including phenoxy) is 4. The minimum Gasteiger partial charge on any atom is -0.477 e. The van der Waals surface area contributed by atoms with Crippen molar-refractivity contribution in [3.63, 3.8) is 0 Å². The lowest BCUT2D eigenvalue weighted by molar-refractivity contribution is -0.188. The van der Waals surface area contributed by atoms with E-state index in [0.717, 1.165) is 49.4 Å². The molecule has 1 aromatic rings. The standard InChI is InChI=1S/C26H33NO7/c1-2-3-12-31-24(29)33-15-32-19-7-6-17-13-20-26(30)9-8-18(28)23-25(26,21(17)22(19)34-23)10-11-27(20)14-16-4-5-16/h6-7,16,20,23,30H,2-5,8-15H2,1H3/t20?,23-,25-,26+/m0/s1. The second-order valence-electron chi connectivity index (χ2n) is 10.6. The molecule has 3 fully saturated rings. The first-order valence-corrected chi connectivity index (χ1v) is 12.7. The summed E-state index contributed by atoms with van der Waals surface area (Å²) in [4.78, 5) is 27.3. The Morgan fingerprint density at radius 1 is 1.26 bits per heavy atom. The number of carbonyl (C=O) groups excluding carboxylic acids is 2. The van der Waals surface area contributed by atoms with Gasteiger partial charge in [-0.2, -0.15) is 0 Å². The molecule has 8 heteroatoms. The van der Waals surface area contributed by atoms with Crippen LogP contribution in [0.3, 0.4) is 0 Å². The molecule has 2 bridgehead atoms. The third-order valence-corrected chi connectivity index (χ3v) is 8.65. The van der Waals surface area contributed by atoms with Crippen LogP contribution in [-0.4, -0.2) is 66.2 Å². The van der Waals surface area contributed by atoms with Gasteiger partial charge in [0.05, 0.1) is 17.6 Å². The second-order valence-corrected chi connectivity index (χ2v) is 10.6. The van der Waals surface area contributed by atoms with Gasteiger partial charge in [-0.25, -0.2) is 4.79 Å². The van der Waals surface area contributed by atoms with E-state index < -0.39 is 23.3 Å². The maximum absolute atomic E-state index is 13.1. The van der Waals surface area contributed by atoms with E-state index in [9.17, 15) is 14.7 Å². The summed E-state index contributed by atoms with van der Waals surface area (Å²) in [6, 6.07) is 3.84. The van der Waals surface area contributed by atoms with E-state index in [-0.39, 0.29) is 18.6 Å². The molecule has 6 rings (SSSR count). The van der Waals surface area contributed by atoms with Gasteiger partial charge in [0, 0.05) is 24.6 Å². The Balaban J connectivity index is 1.29. The number of carbonyl (C=O) groups is 2. The number of unbranched alkanes of at least 4 members (excludes halogenated alkanes) is 1. The number of hydrogen-bond acceptors (Lipinski definition) is 8. The first-order chi connectivity index (χ1) is 16.5. The number of ketones is 1. The molecule has 184 valence electrons. The van der Waals surface area contributed by atoms with Crippen LogP contribution in [0.25, 0.3) is 0 Å². The van der Waals surface area contributed by atoms with Crippen molar-refractivity contribution < 1.29 is 33.6 Å². The fourth-order valence-electron chi connectivity index (χ4n) is 6.85. The highest BCUT2D eigenvalue weighted by Gasteiger charge is 2.73. The molecule has 0 aromatic heterocycles. The molecule has 1 saturated heterocycles. The summed E-state index contributed by atoms with van der Waals surface area (Å²) in [7, 11) is 0. The monoisotopic (exact) mass is 471 g/mol. The Morgan fingerprint density at radius 3 is 2.91 bits per heavy atom. The van der Waals surface area contributed by atoms with Gasteiger partial charge in [0.2, 0.25) is 6.79 Å². The number of piperidine rings is 1. The van der Waals surface area contributed by atoms with Crippen molar-refractivity contribution in [2.24, 2.45) is 5.92 Å². The summed E-state index contributed by atoms with van der Waals surface area (Å²) < 4.78 is 22.2. The van der Waals surface area contributed by atoms with Gasteiger partial charge < -0.3 is 24.1 Å². The van der Waals surface area contributed by atoms with E-state index >= 15 is 0 Å². The second kappa shape index (κ2) is 8.12. The molecule has 1 N–H and O–H groups in total. The molecule has 3 aliphatic carbocycles. The van der Waals surface area contributed by atoms with Gasteiger partial charge >= 0.3 is 6.16 Å². The minimum atomic E-state index is -1.00. The normalized spacial score (nSPS) is 33.2. The average molecular weight is 472 g/mol. The summed E-state index contributed by atoms with van der Waals surface area (Å²) in [6.07, 6.45) is 4.98. The van der Waals surface area contributed by atoms with Crippen LogP contribution in [-0.2, 0) is 26.1 Å². The van der Waals surface area contributed by atoms with Crippen LogP contribution in [0.2, 0.25) is 0 Å². The minimum absolute atomic E-state index is 0.00695. The van der Waals surface area contributed by atoms with E-state index in [1.54, 1.807) is 0 Å². The van der Waals surface area contributed by atoms with Gasteiger partial charge in [-0.15, -0.1) is 0 Å². The Bertz CT molecular complexity index is 1010. The topological polar surface area (TPSA) is 94.5 Å². The van der Waals surface area contributed by atoms with Crippen LogP contribution < -0.4 is 9.47 Å². The van der Waals surface area contributed by atoms with Gasteiger partial charge in [-0.1, -0.05) is 19.4 Å². The fourth-order valence-corrected chi connectivity index (χ4v) is 6.85. The largest absolute Gasteiger partial charge is 0.511 e. The fraction of sp³-hybridized carbons (Fsp3) is 0.692. The predicted octanol–water partition coefficient (Wildman–Crippen LogP) is 3.11. The Morgan fingerprint density at radius 2 is 2.12 bits per heavy atom. The lowest BCUT2D eigenvalue weighted by atomic mass is 9.49. The van der Waals surface area contributed by atoms with Crippen LogP contribution in [0.15, 0.2) is 12.1 Å². The van der Waals surface area contributed by atoms with Crippen molar-refractivity contribution in [2.45, 2.75) is 81.5 Å². The molecule has 2 heterocycles. The predicted molar refractivity (Wildman–Crippen MR) is 121 cm³/mol. The number of rotatable bonds is 8. The van der Waals surface area contributed by atoms with Gasteiger partial charge in [0.15, 0.2) is 23.4 Å². The molecule has 0 radical (unpaired) electrons. The highest BCUT2D eigenvalue weighted by atomic mass is 16.8. The van der Waals surface area contributed by atoms with Crippen molar-refractivity contribution in [3.8, 4) is 11.5 Å². The highest BCUT2D eigenvalue weighted by Crippen LogP contribution is 2.65. The Hall–Kier alpha value is -2.32. The maximum atomic E-state index is 13.1. The first-order valence-electron chi connectivity index (χ1n) is 12.7. The van der Waals surface area contributed by atoms with Gasteiger partial charge in [0.1, 0.15) is 0 Å². The molecule has 1 unspecified atom stereocenters. The zero-order valence-corrected chi connectivity index (χ0v) is 19.7. The van der Waals surface area contributed by atoms with Crippen molar-refractivity contribution in [2.75, 3.05) is 26.5 Å². The number of likely N-dealkylation sites (tertiary alicyclic amines) is 1. The molecule has 34 heavy (non-hydrogen) atoms.